The number of aromatic nitrogens is 1. The van der Waals surface area contributed by atoms with Crippen LogP contribution in [0.15, 0.2) is 42.6 Å². The van der Waals surface area contributed by atoms with Gasteiger partial charge in [-0.15, -0.1) is 0 Å². The smallest absolute Gasteiger partial charge is 0.253 e. The van der Waals surface area contributed by atoms with Gasteiger partial charge in [0.1, 0.15) is 18.1 Å². The zero-order valence-electron chi connectivity index (χ0n) is 16.1. The molecule has 1 saturated carbocycles. The van der Waals surface area contributed by atoms with Crippen molar-refractivity contribution in [3.05, 3.63) is 53.9 Å². The van der Waals surface area contributed by atoms with Crippen LogP contribution in [0.5, 0.6) is 11.5 Å². The summed E-state index contributed by atoms with van der Waals surface area (Å²) in [7, 11) is 1.62. The summed E-state index contributed by atoms with van der Waals surface area (Å²) in [6.45, 7) is 2.45. The van der Waals surface area contributed by atoms with Crippen LogP contribution in [-0.2, 0) is 6.61 Å². The lowest BCUT2D eigenvalue weighted by atomic mass is 9.84. The van der Waals surface area contributed by atoms with Crippen molar-refractivity contribution in [2.45, 2.75) is 51.7 Å². The normalized spacial score (nSPS) is 15.8. The highest BCUT2D eigenvalue weighted by Gasteiger charge is 2.21. The van der Waals surface area contributed by atoms with Gasteiger partial charge in [0.2, 0.25) is 0 Å². The van der Waals surface area contributed by atoms with E-state index in [1.807, 2.05) is 30.3 Å². The lowest BCUT2D eigenvalue weighted by molar-refractivity contribution is 0.0919. The molecule has 3 rings (SSSR count). The Hall–Kier alpha value is -2.56. The van der Waals surface area contributed by atoms with E-state index < -0.39 is 0 Å². The number of nitrogens with one attached hydrogen (secondary N) is 1. The molecule has 1 aliphatic carbocycles. The highest BCUT2D eigenvalue weighted by molar-refractivity contribution is 5.94. The molecule has 1 fully saturated rings. The quantitative estimate of drug-likeness (QED) is 0.788. The van der Waals surface area contributed by atoms with Crippen molar-refractivity contribution in [2.75, 3.05) is 7.11 Å². The van der Waals surface area contributed by atoms with Gasteiger partial charge in [-0.25, -0.2) is 0 Å². The minimum atomic E-state index is -0.0548. The van der Waals surface area contributed by atoms with E-state index in [9.17, 15) is 4.79 Å². The zero-order valence-corrected chi connectivity index (χ0v) is 16.1. The van der Waals surface area contributed by atoms with E-state index >= 15 is 0 Å². The highest BCUT2D eigenvalue weighted by Crippen LogP contribution is 2.26. The van der Waals surface area contributed by atoms with E-state index in [0.29, 0.717) is 18.1 Å². The number of benzene rings is 1. The van der Waals surface area contributed by atoms with Crippen LogP contribution >= 0.6 is 0 Å². The van der Waals surface area contributed by atoms with Gasteiger partial charge in [0.05, 0.1) is 18.4 Å². The second kappa shape index (κ2) is 9.40. The molecule has 0 spiro atoms. The molecule has 0 radical (unpaired) electrons. The molecule has 0 saturated heterocycles. The number of hydrogen-bond donors (Lipinski definition) is 1. The summed E-state index contributed by atoms with van der Waals surface area (Å²) in [5, 5.41) is 3.13. The maximum absolute atomic E-state index is 12.5. The minimum Gasteiger partial charge on any atom is -0.497 e. The maximum atomic E-state index is 12.5. The molecule has 5 nitrogen and oxygen atoms in total. The van der Waals surface area contributed by atoms with Crippen LogP contribution in [0.2, 0.25) is 0 Å². The summed E-state index contributed by atoms with van der Waals surface area (Å²) in [4.78, 5) is 16.8. The van der Waals surface area contributed by atoms with Crippen LogP contribution in [0.4, 0.5) is 0 Å². The average Bonchev–Trinajstić information content (AvgIpc) is 2.73. The standard InChI is InChI=1S/C22H28N2O3/c1-16(17-7-4-3-5-8-17)24-22(25)18-11-12-19(23-14-18)15-27-21-10-6-9-20(13-21)26-2/h6,9-14,16-17H,3-5,7-8,15H2,1-2H3,(H,24,25)/t16-/m1/s1. The van der Waals surface area contributed by atoms with Gasteiger partial charge in [0.15, 0.2) is 0 Å². The van der Waals surface area contributed by atoms with Crippen LogP contribution in [0.1, 0.15) is 55.1 Å². The van der Waals surface area contributed by atoms with Gasteiger partial charge in [-0.05, 0) is 49.9 Å². The molecular formula is C22H28N2O3. The summed E-state index contributed by atoms with van der Waals surface area (Å²) >= 11 is 0. The molecule has 1 N–H and O–H groups in total. The van der Waals surface area contributed by atoms with E-state index in [1.165, 1.54) is 32.1 Å². The van der Waals surface area contributed by atoms with Gasteiger partial charge < -0.3 is 14.8 Å². The van der Waals surface area contributed by atoms with E-state index in [1.54, 1.807) is 19.4 Å². The summed E-state index contributed by atoms with van der Waals surface area (Å²) < 4.78 is 10.9. The molecule has 1 aliphatic rings. The minimum absolute atomic E-state index is 0.0548. The Morgan fingerprint density at radius 3 is 2.67 bits per heavy atom. The first kappa shape index (κ1) is 19.2. The van der Waals surface area contributed by atoms with Crippen molar-refractivity contribution in [3.63, 3.8) is 0 Å². The Kier molecular flexibility index (Phi) is 6.69. The predicted octanol–water partition coefficient (Wildman–Crippen LogP) is 4.37. The van der Waals surface area contributed by atoms with Crippen molar-refractivity contribution in [2.24, 2.45) is 5.92 Å². The van der Waals surface area contributed by atoms with Crippen LogP contribution in [-0.4, -0.2) is 24.0 Å². The third-order valence-electron chi connectivity index (χ3n) is 5.23. The number of ether oxygens (including phenoxy) is 2. The molecule has 1 atom stereocenters. The molecule has 0 unspecified atom stereocenters. The molecule has 144 valence electrons. The summed E-state index contributed by atoms with van der Waals surface area (Å²) in [6.07, 6.45) is 7.90. The van der Waals surface area contributed by atoms with Crippen molar-refractivity contribution >= 4 is 5.91 Å². The van der Waals surface area contributed by atoms with E-state index in [2.05, 4.69) is 17.2 Å². The average molecular weight is 368 g/mol. The SMILES string of the molecule is COc1cccc(OCc2ccc(C(=O)N[C@H](C)C3CCCCC3)cn2)c1. The molecule has 27 heavy (non-hydrogen) atoms. The number of carbonyl (C=O) groups excluding carboxylic acids is 1. The number of methoxy groups -OCH3 is 1. The van der Waals surface area contributed by atoms with Crippen molar-refractivity contribution in [1.29, 1.82) is 0 Å². The molecule has 1 heterocycles. The first-order valence-electron chi connectivity index (χ1n) is 9.68. The Balaban J connectivity index is 1.52. The highest BCUT2D eigenvalue weighted by atomic mass is 16.5. The molecule has 1 aromatic carbocycles. The number of hydrogen-bond acceptors (Lipinski definition) is 4. The Morgan fingerprint density at radius 1 is 1.19 bits per heavy atom. The fourth-order valence-corrected chi connectivity index (χ4v) is 3.53. The van der Waals surface area contributed by atoms with Crippen LogP contribution in [0.3, 0.4) is 0 Å². The molecule has 1 amide bonds. The third-order valence-corrected chi connectivity index (χ3v) is 5.23. The van der Waals surface area contributed by atoms with E-state index in [-0.39, 0.29) is 11.9 Å². The summed E-state index contributed by atoms with van der Waals surface area (Å²) in [6, 6.07) is 11.3. The second-order valence-electron chi connectivity index (χ2n) is 7.17. The van der Waals surface area contributed by atoms with E-state index in [0.717, 1.165) is 17.2 Å². The van der Waals surface area contributed by atoms with Crippen molar-refractivity contribution in [1.82, 2.24) is 10.3 Å². The second-order valence-corrected chi connectivity index (χ2v) is 7.17. The number of amides is 1. The zero-order chi connectivity index (χ0) is 19.1. The summed E-state index contributed by atoms with van der Waals surface area (Å²) in [5.74, 6) is 2.01. The molecule has 0 aliphatic heterocycles. The van der Waals surface area contributed by atoms with Crippen molar-refractivity contribution in [3.8, 4) is 11.5 Å². The van der Waals surface area contributed by atoms with Crippen LogP contribution in [0.25, 0.3) is 0 Å². The molecule has 5 heteroatoms. The van der Waals surface area contributed by atoms with Gasteiger partial charge in [-0.2, -0.15) is 0 Å². The summed E-state index contributed by atoms with van der Waals surface area (Å²) in [5.41, 5.74) is 1.36. The van der Waals surface area contributed by atoms with Crippen LogP contribution < -0.4 is 14.8 Å². The topological polar surface area (TPSA) is 60.5 Å². The van der Waals surface area contributed by atoms with Crippen LogP contribution in [0, 0.1) is 5.92 Å². The lowest BCUT2D eigenvalue weighted by Crippen LogP contribution is -2.38. The Morgan fingerprint density at radius 2 is 1.96 bits per heavy atom. The van der Waals surface area contributed by atoms with E-state index in [4.69, 9.17) is 9.47 Å². The van der Waals surface area contributed by atoms with Gasteiger partial charge in [-0.3, -0.25) is 9.78 Å². The Bertz CT molecular complexity index is 739. The largest absolute Gasteiger partial charge is 0.497 e. The fraction of sp³-hybridized carbons (Fsp3) is 0.455. The first-order chi connectivity index (χ1) is 13.2. The lowest BCUT2D eigenvalue weighted by Gasteiger charge is -2.28. The van der Waals surface area contributed by atoms with Gasteiger partial charge in [0, 0.05) is 18.3 Å². The number of nitrogens with zero attached hydrogens (tertiary/aromatic N) is 1. The molecule has 0 bridgehead atoms. The number of rotatable bonds is 7. The third kappa shape index (κ3) is 5.46. The predicted molar refractivity (Wildman–Crippen MR) is 105 cm³/mol. The Labute approximate surface area is 161 Å². The maximum Gasteiger partial charge on any atom is 0.253 e. The molecule has 2 aromatic rings. The number of carbonyl (C=O) groups is 1. The fourth-order valence-electron chi connectivity index (χ4n) is 3.53. The monoisotopic (exact) mass is 368 g/mol. The van der Waals surface area contributed by atoms with Gasteiger partial charge in [-0.1, -0.05) is 25.3 Å². The molecular weight excluding hydrogens is 340 g/mol. The van der Waals surface area contributed by atoms with Crippen molar-refractivity contribution < 1.29 is 14.3 Å². The molecule has 1 aromatic heterocycles. The van der Waals surface area contributed by atoms with Gasteiger partial charge in [0.25, 0.3) is 5.91 Å². The van der Waals surface area contributed by atoms with Gasteiger partial charge >= 0.3 is 0 Å². The first-order valence-corrected chi connectivity index (χ1v) is 9.68. The number of pyridine rings is 1.